The number of hydrogen-bond donors (Lipinski definition) is 2. The van der Waals surface area contributed by atoms with Crippen molar-refractivity contribution in [3.8, 4) is 11.5 Å². The highest BCUT2D eigenvalue weighted by Crippen LogP contribution is 2.24. The fraction of sp³-hybridized carbons (Fsp3) is 0.500. The van der Waals surface area contributed by atoms with E-state index in [1.807, 2.05) is 6.07 Å². The Morgan fingerprint density at radius 1 is 1.45 bits per heavy atom. The summed E-state index contributed by atoms with van der Waals surface area (Å²) in [5, 5.41) is 2.83. The summed E-state index contributed by atoms with van der Waals surface area (Å²) in [6.45, 7) is 1.11. The molecule has 1 fully saturated rings. The summed E-state index contributed by atoms with van der Waals surface area (Å²) in [5.74, 6) is 1.20. The lowest BCUT2D eigenvalue weighted by Gasteiger charge is -2.21. The number of rotatable bonds is 5. The lowest BCUT2D eigenvalue weighted by atomic mass is 9.99. The summed E-state index contributed by atoms with van der Waals surface area (Å²) >= 11 is 0. The highest BCUT2D eigenvalue weighted by atomic mass is 16.5. The molecule has 1 aliphatic rings. The molecule has 1 amide bonds. The lowest BCUT2D eigenvalue weighted by Crippen LogP contribution is -2.54. The summed E-state index contributed by atoms with van der Waals surface area (Å²) in [6, 6.07) is 5.43. The Labute approximate surface area is 118 Å². The molecule has 3 N–H and O–H groups in total. The Bertz CT molecular complexity index is 484. The summed E-state index contributed by atoms with van der Waals surface area (Å²) < 4.78 is 15.6. The molecular formula is C14H20N2O4. The Kier molecular flexibility index (Phi) is 4.46. The van der Waals surface area contributed by atoms with Crippen molar-refractivity contribution in [2.75, 3.05) is 27.4 Å². The average Bonchev–Trinajstić information content (AvgIpc) is 2.92. The molecule has 20 heavy (non-hydrogen) atoms. The second kappa shape index (κ2) is 6.11. The number of nitrogens with two attached hydrogens (primary N) is 1. The summed E-state index contributed by atoms with van der Waals surface area (Å²) in [5.41, 5.74) is 5.91. The lowest BCUT2D eigenvalue weighted by molar-refractivity contribution is -0.126. The van der Waals surface area contributed by atoms with Gasteiger partial charge in [-0.25, -0.2) is 0 Å². The fourth-order valence-electron chi connectivity index (χ4n) is 2.13. The first-order valence-corrected chi connectivity index (χ1v) is 6.45. The van der Waals surface area contributed by atoms with E-state index >= 15 is 0 Å². The minimum Gasteiger partial charge on any atom is -0.497 e. The quantitative estimate of drug-likeness (QED) is 0.817. The molecule has 1 aromatic rings. The van der Waals surface area contributed by atoms with E-state index in [0.29, 0.717) is 31.1 Å². The number of carbonyl (C=O) groups excluding carboxylic acids is 1. The van der Waals surface area contributed by atoms with E-state index in [-0.39, 0.29) is 12.5 Å². The first kappa shape index (κ1) is 14.6. The molecule has 0 aliphatic carbocycles. The topological polar surface area (TPSA) is 82.8 Å². The Morgan fingerprint density at radius 3 is 2.85 bits per heavy atom. The van der Waals surface area contributed by atoms with Crippen LogP contribution in [0.4, 0.5) is 0 Å². The normalized spacial score (nSPS) is 21.6. The van der Waals surface area contributed by atoms with Gasteiger partial charge in [-0.2, -0.15) is 0 Å². The van der Waals surface area contributed by atoms with Crippen molar-refractivity contribution in [2.24, 2.45) is 5.73 Å². The highest BCUT2D eigenvalue weighted by Gasteiger charge is 2.38. The van der Waals surface area contributed by atoms with Gasteiger partial charge in [-0.3, -0.25) is 4.79 Å². The van der Waals surface area contributed by atoms with Gasteiger partial charge in [0.25, 0.3) is 0 Å². The molecule has 1 aliphatic heterocycles. The van der Waals surface area contributed by atoms with E-state index in [2.05, 4.69) is 5.32 Å². The van der Waals surface area contributed by atoms with Gasteiger partial charge >= 0.3 is 0 Å². The van der Waals surface area contributed by atoms with Crippen molar-refractivity contribution >= 4 is 5.91 Å². The number of hydrogen-bond acceptors (Lipinski definition) is 5. The molecule has 1 unspecified atom stereocenters. The summed E-state index contributed by atoms with van der Waals surface area (Å²) in [7, 11) is 3.18. The van der Waals surface area contributed by atoms with Crippen LogP contribution in [0, 0.1) is 0 Å². The molecule has 0 saturated carbocycles. The van der Waals surface area contributed by atoms with E-state index in [1.54, 1.807) is 26.4 Å². The van der Waals surface area contributed by atoms with Crippen molar-refractivity contribution in [3.05, 3.63) is 23.8 Å². The molecule has 1 atom stereocenters. The molecule has 6 heteroatoms. The smallest absolute Gasteiger partial charge is 0.242 e. The van der Waals surface area contributed by atoms with Crippen molar-refractivity contribution in [3.63, 3.8) is 0 Å². The van der Waals surface area contributed by atoms with Gasteiger partial charge in [-0.05, 0) is 24.6 Å². The van der Waals surface area contributed by atoms with E-state index in [9.17, 15) is 4.79 Å². The molecule has 1 saturated heterocycles. The SMILES string of the molecule is COc1ccc(OC)c(CNC(=O)C2(N)CCOC2)c1. The van der Waals surface area contributed by atoms with Crippen LogP contribution in [0.15, 0.2) is 18.2 Å². The van der Waals surface area contributed by atoms with Gasteiger partial charge in [0.1, 0.15) is 17.0 Å². The van der Waals surface area contributed by atoms with Crippen LogP contribution >= 0.6 is 0 Å². The Hall–Kier alpha value is -1.79. The van der Waals surface area contributed by atoms with Crippen LogP contribution in [-0.4, -0.2) is 38.9 Å². The third-order valence-electron chi connectivity index (χ3n) is 3.43. The van der Waals surface area contributed by atoms with Crippen LogP contribution in [0.5, 0.6) is 11.5 Å². The molecule has 6 nitrogen and oxygen atoms in total. The predicted molar refractivity (Wildman–Crippen MR) is 73.7 cm³/mol. The maximum atomic E-state index is 12.1. The van der Waals surface area contributed by atoms with Gasteiger partial charge < -0.3 is 25.3 Å². The zero-order valence-corrected chi connectivity index (χ0v) is 11.8. The first-order valence-electron chi connectivity index (χ1n) is 6.45. The zero-order valence-electron chi connectivity index (χ0n) is 11.8. The van der Waals surface area contributed by atoms with Crippen molar-refractivity contribution < 1.29 is 19.0 Å². The maximum absolute atomic E-state index is 12.1. The van der Waals surface area contributed by atoms with Gasteiger partial charge in [0.2, 0.25) is 5.91 Å². The molecule has 2 rings (SSSR count). The van der Waals surface area contributed by atoms with Crippen LogP contribution in [0.1, 0.15) is 12.0 Å². The largest absolute Gasteiger partial charge is 0.497 e. The molecule has 0 spiro atoms. The van der Waals surface area contributed by atoms with Gasteiger partial charge in [-0.1, -0.05) is 0 Å². The maximum Gasteiger partial charge on any atom is 0.242 e. The Morgan fingerprint density at radius 2 is 2.25 bits per heavy atom. The number of methoxy groups -OCH3 is 2. The molecule has 1 heterocycles. The molecule has 110 valence electrons. The van der Waals surface area contributed by atoms with Gasteiger partial charge in [0, 0.05) is 18.7 Å². The molecule has 0 radical (unpaired) electrons. The summed E-state index contributed by atoms with van der Waals surface area (Å²) in [6.07, 6.45) is 0.536. The Balaban J connectivity index is 2.04. The standard InChI is InChI=1S/C14H20N2O4/c1-18-11-3-4-12(19-2)10(7-11)8-16-13(17)14(15)5-6-20-9-14/h3-4,7H,5-6,8-9,15H2,1-2H3,(H,16,17). The van der Waals surface area contributed by atoms with Crippen LogP contribution in [-0.2, 0) is 16.1 Å². The van der Waals surface area contributed by atoms with Gasteiger partial charge in [0.05, 0.1) is 20.8 Å². The third kappa shape index (κ3) is 3.02. The zero-order chi connectivity index (χ0) is 14.6. The van der Waals surface area contributed by atoms with Crippen LogP contribution in [0.3, 0.4) is 0 Å². The van der Waals surface area contributed by atoms with E-state index in [0.717, 1.165) is 5.56 Å². The van der Waals surface area contributed by atoms with E-state index < -0.39 is 5.54 Å². The molecular weight excluding hydrogens is 260 g/mol. The highest BCUT2D eigenvalue weighted by molar-refractivity contribution is 5.86. The first-order chi connectivity index (χ1) is 9.59. The van der Waals surface area contributed by atoms with E-state index in [1.165, 1.54) is 0 Å². The van der Waals surface area contributed by atoms with Crippen LogP contribution in [0.2, 0.25) is 0 Å². The van der Waals surface area contributed by atoms with Crippen molar-refractivity contribution in [1.29, 1.82) is 0 Å². The fourth-order valence-corrected chi connectivity index (χ4v) is 2.13. The van der Waals surface area contributed by atoms with Crippen LogP contribution in [0.25, 0.3) is 0 Å². The molecule has 1 aromatic carbocycles. The minimum absolute atomic E-state index is 0.208. The monoisotopic (exact) mass is 280 g/mol. The number of amides is 1. The average molecular weight is 280 g/mol. The third-order valence-corrected chi connectivity index (χ3v) is 3.43. The molecule has 0 bridgehead atoms. The van der Waals surface area contributed by atoms with Crippen molar-refractivity contribution in [2.45, 2.75) is 18.5 Å². The van der Waals surface area contributed by atoms with Gasteiger partial charge in [-0.15, -0.1) is 0 Å². The molecule has 0 aromatic heterocycles. The van der Waals surface area contributed by atoms with E-state index in [4.69, 9.17) is 19.9 Å². The number of ether oxygens (including phenoxy) is 3. The summed E-state index contributed by atoms with van der Waals surface area (Å²) in [4.78, 5) is 12.1. The number of carbonyl (C=O) groups is 1. The second-order valence-corrected chi connectivity index (χ2v) is 4.82. The minimum atomic E-state index is -0.925. The van der Waals surface area contributed by atoms with Crippen molar-refractivity contribution in [1.82, 2.24) is 5.32 Å². The number of benzene rings is 1. The van der Waals surface area contributed by atoms with Gasteiger partial charge in [0.15, 0.2) is 0 Å². The second-order valence-electron chi connectivity index (χ2n) is 4.82. The predicted octanol–water partition coefficient (Wildman–Crippen LogP) is 0.438. The number of nitrogens with one attached hydrogen (secondary N) is 1. The van der Waals surface area contributed by atoms with Crippen LogP contribution < -0.4 is 20.5 Å².